The van der Waals surface area contributed by atoms with Gasteiger partial charge in [-0.25, -0.2) is 0 Å². The van der Waals surface area contributed by atoms with Crippen LogP contribution in [0.1, 0.15) is 22.6 Å². The molecule has 0 heterocycles. The summed E-state index contributed by atoms with van der Waals surface area (Å²) in [5.41, 5.74) is 6.22. The van der Waals surface area contributed by atoms with Gasteiger partial charge in [0.2, 0.25) is 0 Å². The summed E-state index contributed by atoms with van der Waals surface area (Å²) in [5, 5.41) is 0. The first kappa shape index (κ1) is 22.6. The van der Waals surface area contributed by atoms with E-state index >= 15 is 0 Å². The van der Waals surface area contributed by atoms with E-state index in [9.17, 15) is 0 Å². The Kier molecular flexibility index (Phi) is 9.30. The van der Waals surface area contributed by atoms with E-state index in [1.807, 2.05) is 0 Å². The van der Waals surface area contributed by atoms with Crippen LogP contribution in [-0.2, 0) is 26.2 Å². The molecular weight excluding hydrogens is 438 g/mol. The van der Waals surface area contributed by atoms with Crippen LogP contribution in [0, 0.1) is 6.08 Å². The fraction of sp³-hybridized carbons (Fsp3) is 0.0435. The van der Waals surface area contributed by atoms with Crippen molar-refractivity contribution in [2.45, 2.75) is 5.92 Å². The molecule has 130 valence electrons. The molecular formula is C23H19Cl2Zr-. The number of hydrogen-bond donors (Lipinski definition) is 0. The zero-order valence-electron chi connectivity index (χ0n) is 14.1. The van der Waals surface area contributed by atoms with Gasteiger partial charge in [-0.3, -0.25) is 0 Å². The van der Waals surface area contributed by atoms with Crippen molar-refractivity contribution < 1.29 is 26.2 Å². The Hall–Kier alpha value is -1.40. The fourth-order valence-electron chi connectivity index (χ4n) is 3.07. The van der Waals surface area contributed by atoms with Gasteiger partial charge in [0.25, 0.3) is 0 Å². The van der Waals surface area contributed by atoms with Gasteiger partial charge in [-0.05, 0) is 5.92 Å². The first-order valence-corrected chi connectivity index (χ1v) is 7.93. The quantitative estimate of drug-likeness (QED) is 0.389. The number of rotatable bonds is 3. The van der Waals surface area contributed by atoms with Gasteiger partial charge in [0.05, 0.1) is 0 Å². The molecule has 0 radical (unpaired) electrons. The maximum absolute atomic E-state index is 3.70. The summed E-state index contributed by atoms with van der Waals surface area (Å²) in [6.07, 6.45) is 6.02. The number of allylic oxidation sites excluding steroid dienone is 4. The van der Waals surface area contributed by atoms with Gasteiger partial charge < -0.3 is 0 Å². The molecule has 0 N–H and O–H groups in total. The normalized spacial score (nSPS) is 14.8. The van der Waals surface area contributed by atoms with Crippen LogP contribution < -0.4 is 0 Å². The van der Waals surface area contributed by atoms with E-state index < -0.39 is 0 Å². The zero-order valence-corrected chi connectivity index (χ0v) is 18.2. The van der Waals surface area contributed by atoms with Crippen LogP contribution in [0.5, 0.6) is 0 Å². The Morgan fingerprint density at radius 2 is 1.04 bits per heavy atom. The molecule has 0 aromatic heterocycles. The van der Waals surface area contributed by atoms with Crippen LogP contribution in [0.4, 0.5) is 0 Å². The van der Waals surface area contributed by atoms with Crippen LogP contribution in [0.15, 0.2) is 97.1 Å². The second-order valence-corrected chi connectivity index (χ2v) is 5.72. The van der Waals surface area contributed by atoms with Gasteiger partial charge in [0, 0.05) is 26.2 Å². The molecule has 0 fully saturated rings. The van der Waals surface area contributed by atoms with Crippen molar-refractivity contribution >= 4 is 36.0 Å². The predicted octanol–water partition coefficient (Wildman–Crippen LogP) is 6.60. The standard InChI is InChI=1S/C23H17.2ClH.Zr/c1-4-10-18(11-5-1)21-16-22(19-12-6-2-7-13-19)23(17-21)20-14-8-3-9-15-20;;;/h1-16,21H;2*1H;/q-1;;;. The van der Waals surface area contributed by atoms with E-state index in [-0.39, 0.29) is 56.9 Å². The third kappa shape index (κ3) is 4.86. The first-order chi connectivity index (χ1) is 11.4. The maximum atomic E-state index is 3.70. The molecule has 0 nitrogen and oxygen atoms in total. The van der Waals surface area contributed by atoms with Crippen LogP contribution >= 0.6 is 24.8 Å². The minimum atomic E-state index is 0. The minimum Gasteiger partial charge on any atom is -0.189 e. The van der Waals surface area contributed by atoms with Crippen LogP contribution in [0.2, 0.25) is 0 Å². The Bertz CT molecular complexity index is 801. The number of halogens is 2. The van der Waals surface area contributed by atoms with Crippen LogP contribution in [-0.4, -0.2) is 0 Å². The van der Waals surface area contributed by atoms with Crippen molar-refractivity contribution in [3.05, 3.63) is 120 Å². The van der Waals surface area contributed by atoms with Gasteiger partial charge >= 0.3 is 0 Å². The van der Waals surface area contributed by atoms with Crippen molar-refractivity contribution in [1.82, 2.24) is 0 Å². The van der Waals surface area contributed by atoms with Gasteiger partial charge in [0.1, 0.15) is 0 Å². The average Bonchev–Trinajstić information content (AvgIpc) is 3.09. The molecule has 4 rings (SSSR count). The van der Waals surface area contributed by atoms with Crippen molar-refractivity contribution in [3.63, 3.8) is 0 Å². The number of hydrogen-bond acceptors (Lipinski definition) is 0. The van der Waals surface area contributed by atoms with Gasteiger partial charge in [-0.15, -0.1) is 54.2 Å². The molecule has 0 saturated carbocycles. The third-order valence-corrected chi connectivity index (χ3v) is 4.21. The summed E-state index contributed by atoms with van der Waals surface area (Å²) >= 11 is 0. The molecule has 0 aliphatic heterocycles. The first-order valence-electron chi connectivity index (χ1n) is 7.93. The summed E-state index contributed by atoms with van der Waals surface area (Å²) in [5.74, 6) is 0.210. The molecule has 0 bridgehead atoms. The van der Waals surface area contributed by atoms with E-state index in [0.717, 1.165) is 0 Å². The summed E-state index contributed by atoms with van der Waals surface area (Å²) in [4.78, 5) is 0. The molecule has 1 aliphatic rings. The second kappa shape index (κ2) is 10.7. The Labute approximate surface area is 187 Å². The topological polar surface area (TPSA) is 0 Å². The van der Waals surface area contributed by atoms with Crippen LogP contribution in [0.3, 0.4) is 0 Å². The van der Waals surface area contributed by atoms with Crippen molar-refractivity contribution in [3.8, 4) is 0 Å². The Morgan fingerprint density at radius 1 is 0.577 bits per heavy atom. The van der Waals surface area contributed by atoms with E-state index in [2.05, 4.69) is 103 Å². The van der Waals surface area contributed by atoms with Gasteiger partial charge in [-0.2, -0.15) is 11.6 Å². The zero-order chi connectivity index (χ0) is 15.5. The van der Waals surface area contributed by atoms with E-state index in [0.29, 0.717) is 0 Å². The summed E-state index contributed by atoms with van der Waals surface area (Å²) in [6, 6.07) is 31.7. The third-order valence-electron chi connectivity index (χ3n) is 4.21. The SMILES string of the molecule is Cl.Cl.[C-]1=C(c2ccccc2)C(c2ccccc2)=CC1c1ccccc1.[Zr]. The molecule has 1 atom stereocenters. The van der Waals surface area contributed by atoms with Gasteiger partial charge in [0.15, 0.2) is 0 Å². The Morgan fingerprint density at radius 3 is 1.58 bits per heavy atom. The molecule has 3 aromatic carbocycles. The molecule has 26 heavy (non-hydrogen) atoms. The fourth-order valence-corrected chi connectivity index (χ4v) is 3.07. The summed E-state index contributed by atoms with van der Waals surface area (Å²) in [6.45, 7) is 0. The monoisotopic (exact) mass is 455 g/mol. The molecule has 3 heteroatoms. The Balaban J connectivity index is 0.00000113. The van der Waals surface area contributed by atoms with Crippen molar-refractivity contribution in [1.29, 1.82) is 0 Å². The maximum Gasteiger partial charge on any atom is 0 e. The molecule has 1 unspecified atom stereocenters. The predicted molar refractivity (Wildman–Crippen MR) is 111 cm³/mol. The molecule has 0 saturated heterocycles. The second-order valence-electron chi connectivity index (χ2n) is 5.72. The minimum absolute atomic E-state index is 0. The molecule has 0 spiro atoms. The smallest absolute Gasteiger partial charge is 0 e. The average molecular weight is 458 g/mol. The van der Waals surface area contributed by atoms with E-state index in [1.165, 1.54) is 27.8 Å². The van der Waals surface area contributed by atoms with Crippen LogP contribution in [0.25, 0.3) is 11.1 Å². The van der Waals surface area contributed by atoms with Gasteiger partial charge in [-0.1, -0.05) is 90.0 Å². The molecule has 3 aromatic rings. The van der Waals surface area contributed by atoms with Crippen molar-refractivity contribution in [2.75, 3.05) is 0 Å². The number of benzene rings is 3. The summed E-state index contributed by atoms with van der Waals surface area (Å²) < 4.78 is 0. The van der Waals surface area contributed by atoms with Crippen molar-refractivity contribution in [2.24, 2.45) is 0 Å². The molecule has 0 amide bonds. The van der Waals surface area contributed by atoms with E-state index in [4.69, 9.17) is 0 Å². The van der Waals surface area contributed by atoms with E-state index in [1.54, 1.807) is 0 Å². The largest absolute Gasteiger partial charge is 0.189 e. The molecule has 1 aliphatic carbocycles. The summed E-state index contributed by atoms with van der Waals surface area (Å²) in [7, 11) is 0.